The molecular weight excluding hydrogens is 392 g/mol. The molecule has 0 saturated carbocycles. The molecule has 2 aliphatic rings. The maximum Gasteiger partial charge on any atom is 0.241 e. The van der Waals surface area contributed by atoms with Gasteiger partial charge in [0, 0.05) is 30.4 Å². The van der Waals surface area contributed by atoms with Crippen LogP contribution in [0.3, 0.4) is 0 Å². The van der Waals surface area contributed by atoms with E-state index < -0.39 is 0 Å². The number of anilines is 1. The summed E-state index contributed by atoms with van der Waals surface area (Å²) >= 11 is 6.14. The van der Waals surface area contributed by atoms with Gasteiger partial charge >= 0.3 is 0 Å². The first-order chi connectivity index (χ1) is 14.0. The number of nitrogens with zero attached hydrogens (tertiary/aromatic N) is 2. The highest BCUT2D eigenvalue weighted by Gasteiger charge is 2.41. The van der Waals surface area contributed by atoms with Crippen molar-refractivity contribution in [3.05, 3.63) is 47.0 Å². The number of fused-ring (bicyclic) bond motifs is 1. The molecule has 6 nitrogen and oxygen atoms in total. The summed E-state index contributed by atoms with van der Waals surface area (Å²) in [7, 11) is 4.85. The molecule has 154 valence electrons. The summed E-state index contributed by atoms with van der Waals surface area (Å²) in [6, 6.07) is 12.0. The summed E-state index contributed by atoms with van der Waals surface area (Å²) in [6.07, 6.45) is 2.04. The van der Waals surface area contributed by atoms with Crippen LogP contribution in [0.25, 0.3) is 0 Å². The highest BCUT2D eigenvalue weighted by Crippen LogP contribution is 2.41. The fourth-order valence-corrected chi connectivity index (χ4v) is 4.60. The molecule has 0 bridgehead atoms. The third-order valence-corrected chi connectivity index (χ3v) is 6.21. The predicted octanol–water partition coefficient (Wildman–Crippen LogP) is 3.92. The Bertz CT molecular complexity index is 920. The van der Waals surface area contributed by atoms with Crippen LogP contribution in [0.2, 0.25) is 5.02 Å². The lowest BCUT2D eigenvalue weighted by molar-refractivity contribution is -0.122. The van der Waals surface area contributed by atoms with E-state index in [4.69, 9.17) is 25.8 Å². The van der Waals surface area contributed by atoms with Crippen LogP contribution in [0.15, 0.2) is 36.4 Å². The van der Waals surface area contributed by atoms with Gasteiger partial charge < -0.3 is 19.1 Å². The van der Waals surface area contributed by atoms with Crippen molar-refractivity contribution in [3.8, 4) is 17.2 Å². The summed E-state index contributed by atoms with van der Waals surface area (Å²) < 4.78 is 16.1. The van der Waals surface area contributed by atoms with Gasteiger partial charge in [0.2, 0.25) is 5.91 Å². The van der Waals surface area contributed by atoms with Crippen molar-refractivity contribution < 1.29 is 19.0 Å². The standard InChI is InChI=1S/C22H25ClN2O4/c1-27-19-9-4-14(10-21(19)29-3)18-8-6-16-12-25(22(26)13-24(16)18)15-5-7-17(23)20(11-15)28-2/h4-5,7,9-11,16,18H,6,8,12-13H2,1-3H3. The average Bonchev–Trinajstić information content (AvgIpc) is 3.15. The zero-order valence-corrected chi connectivity index (χ0v) is 17.6. The van der Waals surface area contributed by atoms with E-state index >= 15 is 0 Å². The van der Waals surface area contributed by atoms with Gasteiger partial charge in [-0.2, -0.15) is 0 Å². The van der Waals surface area contributed by atoms with Crippen LogP contribution >= 0.6 is 11.6 Å². The van der Waals surface area contributed by atoms with Crippen molar-refractivity contribution in [2.24, 2.45) is 0 Å². The minimum atomic E-state index is 0.0815. The number of hydrogen-bond donors (Lipinski definition) is 0. The van der Waals surface area contributed by atoms with Crippen LogP contribution in [0.5, 0.6) is 17.2 Å². The normalized spacial score (nSPS) is 21.8. The monoisotopic (exact) mass is 416 g/mol. The van der Waals surface area contributed by atoms with Gasteiger partial charge in [-0.25, -0.2) is 0 Å². The third kappa shape index (κ3) is 3.63. The highest BCUT2D eigenvalue weighted by molar-refractivity contribution is 6.32. The van der Waals surface area contributed by atoms with Crippen molar-refractivity contribution in [2.45, 2.75) is 24.9 Å². The van der Waals surface area contributed by atoms with Gasteiger partial charge in [0.1, 0.15) is 5.75 Å². The largest absolute Gasteiger partial charge is 0.495 e. The second-order valence-corrected chi connectivity index (χ2v) is 7.76. The molecule has 2 saturated heterocycles. The lowest BCUT2D eigenvalue weighted by Gasteiger charge is -2.39. The smallest absolute Gasteiger partial charge is 0.241 e. The Kier molecular flexibility index (Phi) is 5.56. The minimum absolute atomic E-state index is 0.0815. The maximum absolute atomic E-state index is 13.0. The van der Waals surface area contributed by atoms with Gasteiger partial charge in [-0.3, -0.25) is 9.69 Å². The Hall–Kier alpha value is -2.44. The molecule has 2 aromatic carbocycles. The molecule has 0 aliphatic carbocycles. The van der Waals surface area contributed by atoms with Crippen molar-refractivity contribution >= 4 is 23.2 Å². The third-order valence-electron chi connectivity index (χ3n) is 5.89. The van der Waals surface area contributed by atoms with Crippen LogP contribution in [-0.4, -0.2) is 51.3 Å². The number of halogens is 1. The van der Waals surface area contributed by atoms with Crippen LogP contribution in [0.4, 0.5) is 5.69 Å². The molecule has 0 aromatic heterocycles. The van der Waals surface area contributed by atoms with Crippen molar-refractivity contribution in [3.63, 3.8) is 0 Å². The van der Waals surface area contributed by atoms with Gasteiger partial charge in [-0.1, -0.05) is 17.7 Å². The lowest BCUT2D eigenvalue weighted by atomic mass is 10.0. The molecule has 4 rings (SSSR count). The molecule has 29 heavy (non-hydrogen) atoms. The molecule has 2 aromatic rings. The number of methoxy groups -OCH3 is 3. The van der Waals surface area contributed by atoms with Crippen molar-refractivity contribution in [1.82, 2.24) is 4.90 Å². The van der Waals surface area contributed by atoms with Crippen LogP contribution in [-0.2, 0) is 4.79 Å². The Morgan fingerprint density at radius 1 is 0.931 bits per heavy atom. The van der Waals surface area contributed by atoms with Gasteiger partial charge in [0.15, 0.2) is 11.5 Å². The van der Waals surface area contributed by atoms with Crippen LogP contribution in [0, 0.1) is 0 Å². The van der Waals surface area contributed by atoms with Crippen LogP contribution < -0.4 is 19.1 Å². The van der Waals surface area contributed by atoms with E-state index in [9.17, 15) is 4.79 Å². The number of piperazine rings is 1. The van der Waals surface area contributed by atoms with E-state index in [1.165, 1.54) is 0 Å². The van der Waals surface area contributed by atoms with Gasteiger partial charge in [-0.05, 0) is 42.7 Å². The second kappa shape index (κ2) is 8.13. The van der Waals surface area contributed by atoms with E-state index in [1.54, 1.807) is 27.4 Å². The van der Waals surface area contributed by atoms with E-state index in [1.807, 2.05) is 29.2 Å². The number of carbonyl (C=O) groups excluding carboxylic acids is 1. The Labute approximate surface area is 175 Å². The number of benzene rings is 2. The molecule has 1 amide bonds. The van der Waals surface area contributed by atoms with Gasteiger partial charge in [-0.15, -0.1) is 0 Å². The quantitative estimate of drug-likeness (QED) is 0.739. The first kappa shape index (κ1) is 19.9. The first-order valence-electron chi connectivity index (χ1n) is 9.67. The van der Waals surface area contributed by atoms with Crippen molar-refractivity contribution in [2.75, 3.05) is 39.3 Å². The SMILES string of the molecule is COc1cc(N2CC3CCC(c4ccc(OC)c(OC)c4)N3CC2=O)ccc1Cl. The number of hydrogen-bond acceptors (Lipinski definition) is 5. The number of amides is 1. The van der Waals surface area contributed by atoms with Gasteiger partial charge in [0.25, 0.3) is 0 Å². The molecule has 2 heterocycles. The molecule has 0 N–H and O–H groups in total. The first-order valence-corrected chi connectivity index (χ1v) is 10.0. The summed E-state index contributed by atoms with van der Waals surface area (Å²) in [5.74, 6) is 2.09. The van der Waals surface area contributed by atoms with Crippen molar-refractivity contribution in [1.29, 1.82) is 0 Å². The Morgan fingerprint density at radius 2 is 1.69 bits per heavy atom. The van der Waals surface area contributed by atoms with Gasteiger partial charge in [0.05, 0.1) is 32.9 Å². The van der Waals surface area contributed by atoms with E-state index in [2.05, 4.69) is 11.0 Å². The number of carbonyl (C=O) groups is 1. The molecular formula is C22H25ClN2O4. The zero-order valence-electron chi connectivity index (χ0n) is 16.9. The molecule has 0 spiro atoms. The fourth-order valence-electron chi connectivity index (χ4n) is 4.41. The Balaban J connectivity index is 1.55. The van der Waals surface area contributed by atoms with E-state index in [-0.39, 0.29) is 11.9 Å². The number of ether oxygens (including phenoxy) is 3. The van der Waals surface area contributed by atoms with Crippen LogP contribution in [0.1, 0.15) is 24.4 Å². The molecule has 0 radical (unpaired) electrons. The molecule has 2 aliphatic heterocycles. The minimum Gasteiger partial charge on any atom is -0.495 e. The van der Waals surface area contributed by atoms with E-state index in [0.717, 1.165) is 24.1 Å². The zero-order chi connectivity index (χ0) is 20.5. The Morgan fingerprint density at radius 3 is 2.41 bits per heavy atom. The molecule has 7 heteroatoms. The topological polar surface area (TPSA) is 51.2 Å². The lowest BCUT2D eigenvalue weighted by Crippen LogP contribution is -2.54. The summed E-state index contributed by atoms with van der Waals surface area (Å²) in [5, 5.41) is 0.539. The average molecular weight is 417 g/mol. The summed E-state index contributed by atoms with van der Waals surface area (Å²) in [4.78, 5) is 17.1. The highest BCUT2D eigenvalue weighted by atomic mass is 35.5. The molecule has 2 unspecified atom stereocenters. The maximum atomic E-state index is 13.0. The molecule has 2 atom stereocenters. The predicted molar refractivity (Wildman–Crippen MR) is 112 cm³/mol. The summed E-state index contributed by atoms with van der Waals surface area (Å²) in [5.41, 5.74) is 1.98. The van der Waals surface area contributed by atoms with E-state index in [0.29, 0.717) is 41.4 Å². The number of rotatable bonds is 5. The molecule has 2 fully saturated rings. The summed E-state index contributed by atoms with van der Waals surface area (Å²) in [6.45, 7) is 1.04. The fraction of sp³-hybridized carbons (Fsp3) is 0.409. The second-order valence-electron chi connectivity index (χ2n) is 7.36.